The van der Waals surface area contributed by atoms with Gasteiger partial charge in [-0.25, -0.2) is 0 Å². The first-order chi connectivity index (χ1) is 17.3. The number of fused-ring (bicyclic) bond motifs is 4. The Balaban J connectivity index is 1.60. The molecule has 36 heavy (non-hydrogen) atoms. The predicted molar refractivity (Wildman–Crippen MR) is 134 cm³/mol. The topological polar surface area (TPSA) is 91.8 Å². The van der Waals surface area contributed by atoms with Gasteiger partial charge in [-0.05, 0) is 55.0 Å². The minimum Gasteiger partial charge on any atom is -0.508 e. The van der Waals surface area contributed by atoms with Crippen molar-refractivity contribution in [1.82, 2.24) is 4.90 Å². The second-order valence-electron chi connectivity index (χ2n) is 10.3. The van der Waals surface area contributed by atoms with Crippen molar-refractivity contribution in [3.8, 4) is 5.75 Å². The van der Waals surface area contributed by atoms with Gasteiger partial charge in [-0.3, -0.25) is 24.1 Å². The van der Waals surface area contributed by atoms with Gasteiger partial charge in [0.2, 0.25) is 11.8 Å². The summed E-state index contributed by atoms with van der Waals surface area (Å²) in [5.41, 5.74) is 2.61. The van der Waals surface area contributed by atoms with E-state index in [1.165, 1.54) is 11.0 Å². The number of carbonyl (C=O) groups is 4. The van der Waals surface area contributed by atoms with Gasteiger partial charge in [-0.1, -0.05) is 48.9 Å². The van der Waals surface area contributed by atoms with Crippen LogP contribution in [0.25, 0.3) is 10.8 Å². The van der Waals surface area contributed by atoms with Crippen LogP contribution in [0.4, 0.5) is 0 Å². The number of likely N-dealkylation sites (tertiary alicyclic amines) is 1. The summed E-state index contributed by atoms with van der Waals surface area (Å²) in [6, 6.07) is 11.1. The van der Waals surface area contributed by atoms with E-state index in [-0.39, 0.29) is 41.5 Å². The summed E-state index contributed by atoms with van der Waals surface area (Å²) in [4.78, 5) is 54.9. The molecule has 4 atom stereocenters. The molecule has 6 nitrogen and oxygen atoms in total. The van der Waals surface area contributed by atoms with E-state index in [1.807, 2.05) is 43.3 Å². The van der Waals surface area contributed by atoms with E-state index in [9.17, 15) is 24.3 Å². The lowest BCUT2D eigenvalue weighted by atomic mass is 9.59. The van der Waals surface area contributed by atoms with Crippen LogP contribution in [0.1, 0.15) is 44.6 Å². The normalized spacial score (nSPS) is 27.7. The molecule has 6 heteroatoms. The Morgan fingerprint density at radius 1 is 1.00 bits per heavy atom. The fourth-order valence-electron chi connectivity index (χ4n) is 6.81. The van der Waals surface area contributed by atoms with E-state index >= 15 is 0 Å². The van der Waals surface area contributed by atoms with Crippen molar-refractivity contribution in [1.29, 1.82) is 0 Å². The molecule has 1 aliphatic heterocycles. The highest BCUT2D eigenvalue weighted by Crippen LogP contribution is 2.56. The minimum absolute atomic E-state index is 0.0437. The van der Waals surface area contributed by atoms with Gasteiger partial charge in [-0.2, -0.15) is 0 Å². The van der Waals surface area contributed by atoms with Gasteiger partial charge in [-0.15, -0.1) is 0 Å². The maximum Gasteiger partial charge on any atom is 0.233 e. The molecule has 0 saturated carbocycles. The van der Waals surface area contributed by atoms with Crippen LogP contribution in [-0.2, 0) is 19.2 Å². The zero-order chi connectivity index (χ0) is 25.3. The van der Waals surface area contributed by atoms with Gasteiger partial charge in [0.15, 0.2) is 11.6 Å². The number of hydrogen-bond acceptors (Lipinski definition) is 5. The maximum absolute atomic E-state index is 13.5. The number of amides is 2. The Labute approximate surface area is 209 Å². The molecule has 4 aliphatic rings. The molecule has 6 rings (SSSR count). The zero-order valence-electron chi connectivity index (χ0n) is 20.3. The summed E-state index contributed by atoms with van der Waals surface area (Å²) in [6.45, 7) is 3.95. The highest BCUT2D eigenvalue weighted by molar-refractivity contribution is 6.24. The van der Waals surface area contributed by atoms with Crippen molar-refractivity contribution in [2.75, 3.05) is 6.54 Å². The monoisotopic (exact) mass is 481 g/mol. The van der Waals surface area contributed by atoms with Crippen molar-refractivity contribution in [3.05, 3.63) is 76.4 Å². The Morgan fingerprint density at radius 2 is 1.78 bits per heavy atom. The summed E-state index contributed by atoms with van der Waals surface area (Å²) in [6.07, 6.45) is 4.71. The zero-order valence-corrected chi connectivity index (χ0v) is 20.3. The third-order valence-electron chi connectivity index (χ3n) is 8.34. The number of benzene rings is 2. The maximum atomic E-state index is 13.5. The molecule has 2 aromatic rings. The highest BCUT2D eigenvalue weighted by Gasteiger charge is 2.56. The van der Waals surface area contributed by atoms with Crippen molar-refractivity contribution in [3.63, 3.8) is 0 Å². The summed E-state index contributed by atoms with van der Waals surface area (Å²) < 4.78 is 0. The molecule has 0 bridgehead atoms. The van der Waals surface area contributed by atoms with Crippen molar-refractivity contribution in [2.45, 2.75) is 39.0 Å². The number of rotatable bonds is 3. The van der Waals surface area contributed by atoms with E-state index in [0.717, 1.165) is 16.3 Å². The number of Topliss-reactive ketones (excluding diaryl/α,β-unsaturated/α-hetero) is 1. The number of phenolic OH excluding ortho intramolecular Hbond substituents is 1. The first-order valence-electron chi connectivity index (χ1n) is 12.6. The summed E-state index contributed by atoms with van der Waals surface area (Å²) in [7, 11) is 0. The lowest BCUT2D eigenvalue weighted by molar-refractivity contribution is -0.140. The molecular weight excluding hydrogens is 454 g/mol. The molecule has 1 heterocycles. The Kier molecular flexibility index (Phi) is 5.11. The molecule has 0 spiro atoms. The van der Waals surface area contributed by atoms with Crippen molar-refractivity contribution < 1.29 is 24.3 Å². The van der Waals surface area contributed by atoms with Gasteiger partial charge in [0, 0.05) is 34.7 Å². The molecule has 0 unspecified atom stereocenters. The molecule has 2 aromatic carbocycles. The molecule has 1 saturated heterocycles. The summed E-state index contributed by atoms with van der Waals surface area (Å²) >= 11 is 0. The predicted octanol–water partition coefficient (Wildman–Crippen LogP) is 4.38. The average Bonchev–Trinajstić information content (AvgIpc) is 3.11. The number of carbonyl (C=O) groups excluding carboxylic acids is 4. The molecule has 3 aliphatic carbocycles. The van der Waals surface area contributed by atoms with Crippen LogP contribution >= 0.6 is 0 Å². The fourth-order valence-corrected chi connectivity index (χ4v) is 6.81. The lowest BCUT2D eigenvalue weighted by Crippen LogP contribution is -2.40. The minimum atomic E-state index is -0.658. The van der Waals surface area contributed by atoms with Crippen molar-refractivity contribution >= 4 is 34.2 Å². The summed E-state index contributed by atoms with van der Waals surface area (Å²) in [5, 5.41) is 12.9. The highest BCUT2D eigenvalue weighted by atomic mass is 16.3. The van der Waals surface area contributed by atoms with Gasteiger partial charge >= 0.3 is 0 Å². The van der Waals surface area contributed by atoms with E-state index in [1.54, 1.807) is 13.0 Å². The second-order valence-corrected chi connectivity index (χ2v) is 10.3. The van der Waals surface area contributed by atoms with Gasteiger partial charge in [0.25, 0.3) is 0 Å². The SMILES string of the molecule is CCCN1C(=O)[C@H]2[C@H](CC=C3[C@H](c4c(O)ccc5ccccc45)C4=C(C[C@H]32)C(=O)C(C)=CC4=O)C1=O. The molecule has 0 aromatic heterocycles. The third kappa shape index (κ3) is 3.03. The van der Waals surface area contributed by atoms with Crippen LogP contribution in [0.15, 0.2) is 70.8 Å². The molecule has 182 valence electrons. The standard InChI is InChI=1S/C30H27NO5/c1-3-12-31-29(35)19-10-9-18-20(24(19)30(31)36)14-21-26(23(33)13-15(2)28(21)34)27(18)25-17-7-5-4-6-16(17)8-11-22(25)32/h4-9,11,13,19-20,24,27,32H,3,10,12,14H2,1-2H3/t19-,20+,24-,27+/m0/s1. The van der Waals surface area contributed by atoms with E-state index in [0.29, 0.717) is 41.7 Å². The van der Waals surface area contributed by atoms with Crippen LogP contribution < -0.4 is 0 Å². The first-order valence-corrected chi connectivity index (χ1v) is 12.6. The Hall–Kier alpha value is -3.80. The molecule has 2 amide bonds. The third-order valence-corrected chi connectivity index (χ3v) is 8.34. The number of nitrogens with zero attached hydrogens (tertiary/aromatic N) is 1. The van der Waals surface area contributed by atoms with Crippen molar-refractivity contribution in [2.24, 2.45) is 17.8 Å². The number of imide groups is 1. The smallest absolute Gasteiger partial charge is 0.233 e. The molecule has 1 fully saturated rings. The lowest BCUT2D eigenvalue weighted by Gasteiger charge is -2.42. The molecule has 1 N–H and O–H groups in total. The van der Waals surface area contributed by atoms with Gasteiger partial charge in [0.05, 0.1) is 11.8 Å². The van der Waals surface area contributed by atoms with Crippen LogP contribution in [0.5, 0.6) is 5.75 Å². The van der Waals surface area contributed by atoms with E-state index in [4.69, 9.17) is 0 Å². The van der Waals surface area contributed by atoms with Gasteiger partial charge in [0.1, 0.15) is 5.75 Å². The largest absolute Gasteiger partial charge is 0.508 e. The number of hydrogen-bond donors (Lipinski definition) is 1. The number of allylic oxidation sites excluding steroid dienone is 6. The molecular formula is C30H27NO5. The number of ketones is 2. The number of phenols is 1. The Bertz CT molecular complexity index is 1480. The van der Waals surface area contributed by atoms with Crippen LogP contribution in [-0.4, -0.2) is 39.9 Å². The summed E-state index contributed by atoms with van der Waals surface area (Å²) in [5.74, 6) is -2.77. The number of aromatic hydroxyl groups is 1. The van der Waals surface area contributed by atoms with E-state index in [2.05, 4.69) is 0 Å². The van der Waals surface area contributed by atoms with Crippen LogP contribution in [0, 0.1) is 17.8 Å². The quantitative estimate of drug-likeness (QED) is 0.399. The van der Waals surface area contributed by atoms with Gasteiger partial charge < -0.3 is 5.11 Å². The molecule has 0 radical (unpaired) electrons. The fraction of sp³-hybridized carbons (Fsp3) is 0.333. The Morgan fingerprint density at radius 3 is 2.56 bits per heavy atom. The first kappa shape index (κ1) is 22.7. The second kappa shape index (κ2) is 8.12. The van der Waals surface area contributed by atoms with Crippen LogP contribution in [0.2, 0.25) is 0 Å². The average molecular weight is 482 g/mol. The van der Waals surface area contributed by atoms with Crippen LogP contribution in [0.3, 0.4) is 0 Å². The van der Waals surface area contributed by atoms with E-state index < -0.39 is 17.8 Å².